The number of carboxylic acids is 1. The zero-order valence-electron chi connectivity index (χ0n) is 12.0. The smallest absolute Gasteiger partial charge is 0.310 e. The third kappa shape index (κ3) is 2.82. The first kappa shape index (κ1) is 15.3. The second-order valence-electron chi connectivity index (χ2n) is 5.09. The molecule has 0 bridgehead atoms. The van der Waals surface area contributed by atoms with Gasteiger partial charge in [0.1, 0.15) is 5.15 Å². The number of aryl methyl sites for hydroxylation is 2. The quantitative estimate of drug-likeness (QED) is 0.888. The number of rotatable bonds is 5. The van der Waals surface area contributed by atoms with Crippen LogP contribution in [0, 0.1) is 12.8 Å². The topological polar surface area (TPSA) is 67.6 Å². The molecule has 2 atom stereocenters. The summed E-state index contributed by atoms with van der Waals surface area (Å²) in [7, 11) is 1.80. The largest absolute Gasteiger partial charge is 0.481 e. The maximum absolute atomic E-state index is 11.3. The van der Waals surface area contributed by atoms with E-state index in [4.69, 9.17) is 16.3 Å². The highest BCUT2D eigenvalue weighted by Gasteiger charge is 2.37. The molecule has 2 rings (SSSR count). The summed E-state index contributed by atoms with van der Waals surface area (Å²) in [5.41, 5.74) is 1.83. The second kappa shape index (κ2) is 6.11. The molecule has 1 fully saturated rings. The Morgan fingerprint density at radius 1 is 1.60 bits per heavy atom. The van der Waals surface area contributed by atoms with Crippen LogP contribution in [0.5, 0.6) is 0 Å². The average Bonchev–Trinajstić information content (AvgIpc) is 2.95. The fourth-order valence-corrected chi connectivity index (χ4v) is 2.89. The summed E-state index contributed by atoms with van der Waals surface area (Å²) < 4.78 is 6.98. The lowest BCUT2D eigenvalue weighted by atomic mass is 10.0. The first-order valence-corrected chi connectivity index (χ1v) is 7.06. The van der Waals surface area contributed by atoms with Gasteiger partial charge in [-0.15, -0.1) is 0 Å². The van der Waals surface area contributed by atoms with E-state index in [0.29, 0.717) is 18.3 Å². The molecular formula is C13H20ClN3O3. The van der Waals surface area contributed by atoms with Crippen molar-refractivity contribution in [3.05, 3.63) is 16.4 Å². The van der Waals surface area contributed by atoms with Crippen molar-refractivity contribution in [2.45, 2.75) is 26.4 Å². The van der Waals surface area contributed by atoms with Crippen LogP contribution in [0.15, 0.2) is 0 Å². The maximum Gasteiger partial charge on any atom is 0.310 e. The lowest BCUT2D eigenvalue weighted by molar-refractivity contribution is -0.143. The Bertz CT molecular complexity index is 503. The van der Waals surface area contributed by atoms with Gasteiger partial charge in [0.05, 0.1) is 24.8 Å². The number of hydrogen-bond acceptors (Lipinski definition) is 4. The van der Waals surface area contributed by atoms with Crippen molar-refractivity contribution in [3.63, 3.8) is 0 Å². The van der Waals surface area contributed by atoms with E-state index in [1.54, 1.807) is 11.7 Å². The van der Waals surface area contributed by atoms with Crippen LogP contribution in [-0.2, 0) is 23.1 Å². The van der Waals surface area contributed by atoms with Crippen LogP contribution >= 0.6 is 11.6 Å². The number of aliphatic carboxylic acids is 1. The van der Waals surface area contributed by atoms with Crippen LogP contribution in [0.2, 0.25) is 5.15 Å². The molecule has 1 aliphatic rings. The van der Waals surface area contributed by atoms with E-state index < -0.39 is 11.9 Å². The molecule has 1 saturated heterocycles. The number of carbonyl (C=O) groups is 1. The van der Waals surface area contributed by atoms with Crippen molar-refractivity contribution in [1.82, 2.24) is 14.7 Å². The molecule has 1 N–H and O–H groups in total. The standard InChI is InChI=1S/C13H20ClN3O3/c1-4-17(11-7-20-6-10(11)13(18)19)5-9-8(2)15-16(3)12(9)14/h10-11H,4-7H2,1-3H3,(H,18,19). The van der Waals surface area contributed by atoms with Crippen LogP contribution in [0.25, 0.3) is 0 Å². The van der Waals surface area contributed by atoms with E-state index in [-0.39, 0.29) is 12.6 Å². The minimum atomic E-state index is -0.806. The molecule has 1 aromatic heterocycles. The fourth-order valence-electron chi connectivity index (χ4n) is 2.66. The lowest BCUT2D eigenvalue weighted by Gasteiger charge is -2.29. The van der Waals surface area contributed by atoms with E-state index in [9.17, 15) is 9.90 Å². The van der Waals surface area contributed by atoms with Gasteiger partial charge in [-0.25, -0.2) is 0 Å². The van der Waals surface area contributed by atoms with Crippen LogP contribution in [-0.4, -0.2) is 51.6 Å². The van der Waals surface area contributed by atoms with Crippen LogP contribution < -0.4 is 0 Å². The van der Waals surface area contributed by atoms with Gasteiger partial charge in [0, 0.05) is 25.2 Å². The Morgan fingerprint density at radius 2 is 2.30 bits per heavy atom. The van der Waals surface area contributed by atoms with Gasteiger partial charge in [-0.1, -0.05) is 18.5 Å². The second-order valence-corrected chi connectivity index (χ2v) is 5.45. The fraction of sp³-hybridized carbons (Fsp3) is 0.692. The molecule has 2 unspecified atom stereocenters. The SMILES string of the molecule is CCN(Cc1c(C)nn(C)c1Cl)C1COCC1C(=O)O. The van der Waals surface area contributed by atoms with E-state index in [1.165, 1.54) is 0 Å². The number of carboxylic acid groups (broad SMARTS) is 1. The zero-order valence-corrected chi connectivity index (χ0v) is 12.7. The van der Waals surface area contributed by atoms with Crippen LogP contribution in [0.1, 0.15) is 18.2 Å². The Hall–Kier alpha value is -1.11. The summed E-state index contributed by atoms with van der Waals surface area (Å²) >= 11 is 6.25. The minimum absolute atomic E-state index is 0.117. The van der Waals surface area contributed by atoms with E-state index in [1.807, 2.05) is 13.8 Å². The summed E-state index contributed by atoms with van der Waals surface area (Å²) in [6.45, 7) is 5.97. The molecular weight excluding hydrogens is 282 g/mol. The van der Waals surface area contributed by atoms with Crippen molar-refractivity contribution in [2.24, 2.45) is 13.0 Å². The molecule has 1 aliphatic heterocycles. The first-order chi connectivity index (χ1) is 9.45. The summed E-state index contributed by atoms with van der Waals surface area (Å²) in [4.78, 5) is 13.4. The molecule has 6 nitrogen and oxygen atoms in total. The molecule has 2 heterocycles. The number of likely N-dealkylation sites (N-methyl/N-ethyl adjacent to an activating group) is 1. The van der Waals surface area contributed by atoms with E-state index >= 15 is 0 Å². The molecule has 0 aliphatic carbocycles. The Morgan fingerprint density at radius 3 is 2.80 bits per heavy atom. The predicted octanol–water partition coefficient (Wildman–Crippen LogP) is 1.30. The molecule has 112 valence electrons. The predicted molar refractivity (Wildman–Crippen MR) is 74.8 cm³/mol. The van der Waals surface area contributed by atoms with Crippen molar-refractivity contribution >= 4 is 17.6 Å². The van der Waals surface area contributed by atoms with E-state index in [2.05, 4.69) is 10.00 Å². The number of aromatic nitrogens is 2. The summed E-state index contributed by atoms with van der Waals surface area (Å²) in [5.74, 6) is -1.29. The molecule has 0 spiro atoms. The highest BCUT2D eigenvalue weighted by molar-refractivity contribution is 6.30. The van der Waals surface area contributed by atoms with Crippen molar-refractivity contribution < 1.29 is 14.6 Å². The van der Waals surface area contributed by atoms with Gasteiger partial charge in [0.2, 0.25) is 0 Å². The lowest BCUT2D eigenvalue weighted by Crippen LogP contribution is -2.42. The van der Waals surface area contributed by atoms with Gasteiger partial charge in [-0.3, -0.25) is 14.4 Å². The summed E-state index contributed by atoms with van der Waals surface area (Å²) in [6.07, 6.45) is 0. The molecule has 0 saturated carbocycles. The monoisotopic (exact) mass is 301 g/mol. The van der Waals surface area contributed by atoms with Gasteiger partial charge < -0.3 is 9.84 Å². The Balaban J connectivity index is 2.18. The highest BCUT2D eigenvalue weighted by Crippen LogP contribution is 2.25. The molecule has 20 heavy (non-hydrogen) atoms. The number of hydrogen-bond donors (Lipinski definition) is 1. The maximum atomic E-state index is 11.3. The average molecular weight is 302 g/mol. The van der Waals surface area contributed by atoms with Gasteiger partial charge in [0.25, 0.3) is 0 Å². The van der Waals surface area contributed by atoms with E-state index in [0.717, 1.165) is 17.8 Å². The zero-order chi connectivity index (χ0) is 14.9. The van der Waals surface area contributed by atoms with Gasteiger partial charge >= 0.3 is 5.97 Å². The minimum Gasteiger partial charge on any atom is -0.481 e. The van der Waals surface area contributed by atoms with Gasteiger partial charge in [-0.2, -0.15) is 5.10 Å². The van der Waals surface area contributed by atoms with Crippen LogP contribution in [0.4, 0.5) is 0 Å². The normalized spacial score (nSPS) is 22.6. The Kier molecular flexibility index (Phi) is 4.67. The van der Waals surface area contributed by atoms with Crippen molar-refractivity contribution in [3.8, 4) is 0 Å². The number of halogens is 1. The first-order valence-electron chi connectivity index (χ1n) is 6.68. The molecule has 1 aromatic rings. The molecule has 0 amide bonds. The van der Waals surface area contributed by atoms with Crippen molar-refractivity contribution in [2.75, 3.05) is 19.8 Å². The van der Waals surface area contributed by atoms with Crippen LogP contribution in [0.3, 0.4) is 0 Å². The van der Waals surface area contributed by atoms with Gasteiger partial charge in [0.15, 0.2) is 0 Å². The molecule has 7 heteroatoms. The summed E-state index contributed by atoms with van der Waals surface area (Å²) in [5, 5.41) is 14.2. The molecule has 0 radical (unpaired) electrons. The van der Waals surface area contributed by atoms with Crippen molar-refractivity contribution in [1.29, 1.82) is 0 Å². The molecule has 0 aromatic carbocycles. The van der Waals surface area contributed by atoms with Gasteiger partial charge in [-0.05, 0) is 13.5 Å². The third-order valence-electron chi connectivity index (χ3n) is 3.87. The Labute approximate surface area is 123 Å². The number of ether oxygens (including phenoxy) is 1. The number of nitrogens with zero attached hydrogens (tertiary/aromatic N) is 3. The highest BCUT2D eigenvalue weighted by atomic mass is 35.5. The summed E-state index contributed by atoms with van der Waals surface area (Å²) in [6, 6.07) is -0.117. The third-order valence-corrected chi connectivity index (χ3v) is 4.35.